The van der Waals surface area contributed by atoms with Crippen LogP contribution in [0.5, 0.6) is 5.75 Å². The molecule has 1 aliphatic heterocycles. The van der Waals surface area contributed by atoms with Gasteiger partial charge in [-0.25, -0.2) is 0 Å². The van der Waals surface area contributed by atoms with E-state index in [0.717, 1.165) is 4.47 Å². The molecule has 38 heavy (non-hydrogen) atoms. The molecule has 11 heteroatoms. The molecule has 3 aromatic rings. The monoisotopic (exact) mass is 536 g/mol. The van der Waals surface area contributed by atoms with Gasteiger partial charge in [0, 0.05) is 24.6 Å². The first-order valence-corrected chi connectivity index (χ1v) is 13.5. The van der Waals surface area contributed by atoms with Gasteiger partial charge in [-0.05, 0) is 61.4 Å². The summed E-state index contributed by atoms with van der Waals surface area (Å²) in [6.45, 7) is 0.586. The normalized spacial score (nSPS) is 13.9. The number of primary amides is 1. The fourth-order valence-corrected chi connectivity index (χ4v) is 5.28. The van der Waals surface area contributed by atoms with Crippen LogP contribution in [0.25, 0.3) is 0 Å². The summed E-state index contributed by atoms with van der Waals surface area (Å²) in [7, 11) is -4.16. The second-order valence-electron chi connectivity index (χ2n) is 8.74. The highest BCUT2D eigenvalue weighted by atomic mass is 32.2. The Hall–Kier alpha value is -4.38. The van der Waals surface area contributed by atoms with Crippen LogP contribution in [-0.2, 0) is 19.6 Å². The van der Waals surface area contributed by atoms with E-state index in [4.69, 9.17) is 10.6 Å². The minimum absolute atomic E-state index is 0.0813. The second-order valence-corrected chi connectivity index (χ2v) is 10.5. The molecule has 0 aliphatic carbocycles. The van der Waals surface area contributed by atoms with Crippen molar-refractivity contribution in [2.24, 2.45) is 11.7 Å². The maximum Gasteiger partial charge on any atom is 0.295 e. The van der Waals surface area contributed by atoms with E-state index in [1.54, 1.807) is 65.6 Å². The van der Waals surface area contributed by atoms with Crippen LogP contribution in [0.3, 0.4) is 0 Å². The van der Waals surface area contributed by atoms with E-state index in [2.05, 4.69) is 5.32 Å². The summed E-state index contributed by atoms with van der Waals surface area (Å²) in [5.41, 5.74) is 5.82. The van der Waals surface area contributed by atoms with E-state index in [1.807, 2.05) is 0 Å². The van der Waals surface area contributed by atoms with Crippen molar-refractivity contribution >= 4 is 33.4 Å². The van der Waals surface area contributed by atoms with E-state index < -0.39 is 15.9 Å². The topological polar surface area (TPSA) is 139 Å². The summed E-state index contributed by atoms with van der Waals surface area (Å²) in [4.78, 5) is 43.6. The molecule has 1 aliphatic rings. The van der Waals surface area contributed by atoms with Gasteiger partial charge >= 0.3 is 0 Å². The number of sulfonamides is 1. The lowest BCUT2D eigenvalue weighted by Gasteiger charge is -2.30. The molecule has 1 heterocycles. The smallest absolute Gasteiger partial charge is 0.295 e. The number of anilines is 1. The third-order valence-electron chi connectivity index (χ3n) is 6.18. The third kappa shape index (κ3) is 6.30. The molecule has 0 spiro atoms. The molecule has 4 rings (SSSR count). The Balaban J connectivity index is 1.42. The van der Waals surface area contributed by atoms with Gasteiger partial charge in [0.1, 0.15) is 0 Å². The SMILES string of the molecule is NC(=O)C1CCN(C(=O)CNC(=O)c2ccc(S(=O)(=O)N(Oc3ccccc3)c3ccccc3)cc2)CC1. The van der Waals surface area contributed by atoms with Crippen LogP contribution < -0.4 is 20.4 Å². The van der Waals surface area contributed by atoms with Gasteiger partial charge in [0.2, 0.25) is 11.8 Å². The first kappa shape index (κ1) is 26.7. The lowest BCUT2D eigenvalue weighted by Crippen LogP contribution is -2.45. The molecule has 0 saturated carbocycles. The molecule has 0 aromatic heterocycles. The molecule has 10 nitrogen and oxygen atoms in total. The summed E-state index contributed by atoms with van der Waals surface area (Å²) in [5, 5.41) is 2.56. The van der Waals surface area contributed by atoms with Crippen LogP contribution >= 0.6 is 0 Å². The van der Waals surface area contributed by atoms with Crippen LogP contribution in [-0.4, -0.2) is 50.7 Å². The lowest BCUT2D eigenvalue weighted by atomic mass is 9.96. The minimum Gasteiger partial charge on any atom is -0.369 e. The molecule has 0 bridgehead atoms. The largest absolute Gasteiger partial charge is 0.369 e. The highest BCUT2D eigenvalue weighted by molar-refractivity contribution is 7.92. The molecule has 3 aromatic carbocycles. The second kappa shape index (κ2) is 11.8. The van der Waals surface area contributed by atoms with Gasteiger partial charge in [-0.2, -0.15) is 8.42 Å². The maximum atomic E-state index is 13.5. The number of likely N-dealkylation sites (tertiary alicyclic amines) is 1. The van der Waals surface area contributed by atoms with Crippen molar-refractivity contribution in [3.05, 3.63) is 90.5 Å². The summed E-state index contributed by atoms with van der Waals surface area (Å²) >= 11 is 0. The number of rotatable bonds is 9. The van der Waals surface area contributed by atoms with Crippen LogP contribution in [0.1, 0.15) is 23.2 Å². The van der Waals surface area contributed by atoms with Crippen molar-refractivity contribution in [1.82, 2.24) is 10.2 Å². The Labute approximate surface area is 221 Å². The lowest BCUT2D eigenvalue weighted by molar-refractivity contribution is -0.133. The zero-order valence-corrected chi connectivity index (χ0v) is 21.3. The van der Waals surface area contributed by atoms with Gasteiger partial charge in [0.25, 0.3) is 15.9 Å². The molecular formula is C27H28N4O6S. The van der Waals surface area contributed by atoms with Crippen molar-refractivity contribution in [3.8, 4) is 5.75 Å². The number of nitrogens with one attached hydrogen (secondary N) is 1. The number of amides is 3. The zero-order valence-electron chi connectivity index (χ0n) is 20.5. The number of para-hydroxylation sites is 2. The van der Waals surface area contributed by atoms with Crippen molar-refractivity contribution in [2.75, 3.05) is 24.1 Å². The Kier molecular flexibility index (Phi) is 8.27. The molecule has 0 radical (unpaired) electrons. The van der Waals surface area contributed by atoms with Gasteiger partial charge in [-0.1, -0.05) is 40.9 Å². The van der Waals surface area contributed by atoms with Crippen molar-refractivity contribution in [2.45, 2.75) is 17.7 Å². The summed E-state index contributed by atoms with van der Waals surface area (Å²) in [6.07, 6.45) is 0.998. The molecule has 1 saturated heterocycles. The van der Waals surface area contributed by atoms with E-state index in [1.165, 1.54) is 24.3 Å². The number of hydrogen-bond donors (Lipinski definition) is 2. The van der Waals surface area contributed by atoms with E-state index in [0.29, 0.717) is 37.4 Å². The highest BCUT2D eigenvalue weighted by Crippen LogP contribution is 2.26. The van der Waals surface area contributed by atoms with Gasteiger partial charge in [-0.3, -0.25) is 14.4 Å². The average Bonchev–Trinajstić information content (AvgIpc) is 2.95. The fourth-order valence-electron chi connectivity index (χ4n) is 4.02. The minimum atomic E-state index is -4.16. The Morgan fingerprint density at radius 3 is 2.05 bits per heavy atom. The van der Waals surface area contributed by atoms with Crippen LogP contribution in [0.15, 0.2) is 89.8 Å². The van der Waals surface area contributed by atoms with Crippen molar-refractivity contribution < 1.29 is 27.6 Å². The number of nitrogens with zero attached hydrogens (tertiary/aromatic N) is 2. The number of benzene rings is 3. The zero-order chi connectivity index (χ0) is 27.1. The summed E-state index contributed by atoms with van der Waals surface area (Å²) < 4.78 is 27.8. The fraction of sp³-hybridized carbons (Fsp3) is 0.222. The van der Waals surface area contributed by atoms with E-state index in [-0.39, 0.29) is 34.7 Å². The van der Waals surface area contributed by atoms with E-state index >= 15 is 0 Å². The molecule has 1 fully saturated rings. The van der Waals surface area contributed by atoms with Crippen LogP contribution in [0.2, 0.25) is 0 Å². The quantitative estimate of drug-likeness (QED) is 0.403. The summed E-state index contributed by atoms with van der Waals surface area (Å²) in [6, 6.07) is 22.3. The average molecular weight is 537 g/mol. The number of hydrogen-bond acceptors (Lipinski definition) is 6. The summed E-state index contributed by atoms with van der Waals surface area (Å²) in [5.74, 6) is -1.06. The molecule has 0 unspecified atom stereocenters. The number of nitrogens with two attached hydrogens (primary N) is 1. The molecule has 3 N–H and O–H groups in total. The third-order valence-corrected chi connectivity index (χ3v) is 7.77. The predicted molar refractivity (Wildman–Crippen MR) is 140 cm³/mol. The van der Waals surface area contributed by atoms with Crippen molar-refractivity contribution in [1.29, 1.82) is 0 Å². The first-order chi connectivity index (χ1) is 18.3. The van der Waals surface area contributed by atoms with Crippen LogP contribution in [0, 0.1) is 5.92 Å². The number of piperidine rings is 1. The predicted octanol–water partition coefficient (Wildman–Crippen LogP) is 2.33. The Morgan fingerprint density at radius 1 is 0.895 bits per heavy atom. The van der Waals surface area contributed by atoms with Gasteiger partial charge in [0.15, 0.2) is 5.75 Å². The van der Waals surface area contributed by atoms with E-state index in [9.17, 15) is 22.8 Å². The number of carbonyl (C=O) groups excluding carboxylic acids is 3. The van der Waals surface area contributed by atoms with Gasteiger partial charge in [0.05, 0.1) is 17.1 Å². The van der Waals surface area contributed by atoms with Crippen molar-refractivity contribution in [3.63, 3.8) is 0 Å². The number of carbonyl (C=O) groups is 3. The van der Waals surface area contributed by atoms with Gasteiger partial charge < -0.3 is 20.8 Å². The molecule has 198 valence electrons. The van der Waals surface area contributed by atoms with Gasteiger partial charge in [-0.15, -0.1) is 0 Å². The molecular weight excluding hydrogens is 508 g/mol. The first-order valence-electron chi connectivity index (χ1n) is 12.0. The standard InChI is InChI=1S/C27H28N4O6S/c28-26(33)20-15-17-30(18-16-20)25(32)19-29-27(34)21-11-13-24(14-12-21)38(35,36)31(22-7-3-1-4-8-22)37-23-9-5-2-6-10-23/h1-14,20H,15-19H2,(H2,28,33)(H,29,34). The maximum absolute atomic E-state index is 13.5. The highest BCUT2D eigenvalue weighted by Gasteiger charge is 2.28. The Bertz CT molecular complexity index is 1370. The molecule has 0 atom stereocenters. The molecule has 3 amide bonds. The Morgan fingerprint density at radius 2 is 1.47 bits per heavy atom. The van der Waals surface area contributed by atoms with Crippen LogP contribution in [0.4, 0.5) is 5.69 Å².